The molecule has 0 aliphatic heterocycles. The number of carbonyl (C=O) groups excluding carboxylic acids is 1. The van der Waals surface area contributed by atoms with Gasteiger partial charge in [-0.3, -0.25) is 4.79 Å². The fraction of sp³-hybridized carbons (Fsp3) is 0.188. The van der Waals surface area contributed by atoms with E-state index < -0.39 is 0 Å². The summed E-state index contributed by atoms with van der Waals surface area (Å²) < 4.78 is 3.37. The number of hydrogen-bond acceptors (Lipinski definition) is 4. The SMILES string of the molecule is Cc1nn(C(=O)c2ccc(Cl)cc2)c(C)c1Sc1nccn1C. The third-order valence-corrected chi connectivity index (χ3v) is 5.10. The van der Waals surface area contributed by atoms with E-state index in [9.17, 15) is 4.79 Å². The van der Waals surface area contributed by atoms with Gasteiger partial charge in [0.1, 0.15) is 0 Å². The molecule has 5 nitrogen and oxygen atoms in total. The highest BCUT2D eigenvalue weighted by molar-refractivity contribution is 7.99. The molecule has 3 rings (SSSR count). The van der Waals surface area contributed by atoms with Crippen LogP contribution in [-0.2, 0) is 7.05 Å². The summed E-state index contributed by atoms with van der Waals surface area (Å²) in [6, 6.07) is 6.80. The highest BCUT2D eigenvalue weighted by Crippen LogP contribution is 2.31. The van der Waals surface area contributed by atoms with E-state index in [0.29, 0.717) is 10.6 Å². The smallest absolute Gasteiger partial charge is 0.278 e. The van der Waals surface area contributed by atoms with Crippen molar-refractivity contribution in [3.8, 4) is 0 Å². The number of benzene rings is 1. The summed E-state index contributed by atoms with van der Waals surface area (Å²) in [5.74, 6) is -0.172. The van der Waals surface area contributed by atoms with Crippen molar-refractivity contribution in [3.63, 3.8) is 0 Å². The largest absolute Gasteiger partial charge is 0.329 e. The number of nitrogens with zero attached hydrogens (tertiary/aromatic N) is 4. The van der Waals surface area contributed by atoms with Crippen molar-refractivity contribution in [2.75, 3.05) is 0 Å². The van der Waals surface area contributed by atoms with Crippen LogP contribution >= 0.6 is 23.4 Å². The Hall–Kier alpha value is -2.05. The monoisotopic (exact) mass is 346 g/mol. The number of halogens is 1. The Bertz CT molecular complexity index is 867. The van der Waals surface area contributed by atoms with Gasteiger partial charge in [-0.25, -0.2) is 4.98 Å². The topological polar surface area (TPSA) is 52.7 Å². The zero-order valence-electron chi connectivity index (χ0n) is 12.9. The number of imidazole rings is 1. The van der Waals surface area contributed by atoms with Crippen LogP contribution in [0.2, 0.25) is 5.02 Å². The lowest BCUT2D eigenvalue weighted by Crippen LogP contribution is -2.15. The molecule has 0 N–H and O–H groups in total. The first-order chi connectivity index (χ1) is 11.0. The molecule has 118 valence electrons. The van der Waals surface area contributed by atoms with E-state index >= 15 is 0 Å². The number of carbonyl (C=O) groups is 1. The van der Waals surface area contributed by atoms with Crippen molar-refractivity contribution in [3.05, 3.63) is 58.6 Å². The molecule has 0 amide bonds. The second-order valence-corrected chi connectivity index (χ2v) is 6.56. The minimum absolute atomic E-state index is 0.172. The first kappa shape index (κ1) is 15.8. The molecule has 0 saturated heterocycles. The van der Waals surface area contributed by atoms with Gasteiger partial charge in [0.2, 0.25) is 0 Å². The van der Waals surface area contributed by atoms with Crippen LogP contribution in [0.3, 0.4) is 0 Å². The Morgan fingerprint density at radius 1 is 1.22 bits per heavy atom. The third kappa shape index (κ3) is 3.04. The molecule has 0 atom stereocenters. The lowest BCUT2D eigenvalue weighted by molar-refractivity contribution is 0.0942. The third-order valence-electron chi connectivity index (χ3n) is 3.48. The highest BCUT2D eigenvalue weighted by Gasteiger charge is 2.19. The van der Waals surface area contributed by atoms with Crippen molar-refractivity contribution in [1.29, 1.82) is 0 Å². The predicted octanol–water partition coefficient (Wildman–Crippen LogP) is 3.73. The second-order valence-electron chi connectivity index (χ2n) is 5.15. The van der Waals surface area contributed by atoms with Gasteiger partial charge in [-0.2, -0.15) is 9.78 Å². The zero-order valence-corrected chi connectivity index (χ0v) is 14.5. The van der Waals surface area contributed by atoms with Crippen molar-refractivity contribution < 1.29 is 4.79 Å². The summed E-state index contributed by atoms with van der Waals surface area (Å²) in [5, 5.41) is 5.85. The van der Waals surface area contributed by atoms with Crippen LogP contribution in [0.25, 0.3) is 0 Å². The van der Waals surface area contributed by atoms with E-state index in [0.717, 1.165) is 21.4 Å². The number of hydrogen-bond donors (Lipinski definition) is 0. The van der Waals surface area contributed by atoms with Gasteiger partial charge in [0.25, 0.3) is 5.91 Å². The van der Waals surface area contributed by atoms with Gasteiger partial charge in [0.05, 0.1) is 16.3 Å². The summed E-state index contributed by atoms with van der Waals surface area (Å²) in [6.45, 7) is 3.78. The van der Waals surface area contributed by atoms with Gasteiger partial charge in [-0.05, 0) is 49.9 Å². The molecule has 1 aromatic carbocycles. The van der Waals surface area contributed by atoms with E-state index in [-0.39, 0.29) is 5.91 Å². The number of aromatic nitrogens is 4. The van der Waals surface area contributed by atoms with Crippen LogP contribution in [0, 0.1) is 13.8 Å². The predicted molar refractivity (Wildman–Crippen MR) is 90.2 cm³/mol. The van der Waals surface area contributed by atoms with E-state index in [4.69, 9.17) is 11.6 Å². The molecule has 0 saturated carbocycles. The molecule has 0 fully saturated rings. The van der Waals surface area contributed by atoms with E-state index in [1.807, 2.05) is 31.7 Å². The fourth-order valence-corrected chi connectivity index (χ4v) is 3.28. The zero-order chi connectivity index (χ0) is 16.6. The molecule has 23 heavy (non-hydrogen) atoms. The summed E-state index contributed by atoms with van der Waals surface area (Å²) in [4.78, 5) is 17.9. The molecule has 7 heteroatoms. The average molecular weight is 347 g/mol. The molecular weight excluding hydrogens is 332 g/mol. The van der Waals surface area contributed by atoms with Gasteiger partial charge in [0, 0.05) is 30.0 Å². The van der Waals surface area contributed by atoms with Gasteiger partial charge in [-0.15, -0.1) is 0 Å². The lowest BCUT2D eigenvalue weighted by Gasteiger charge is -2.05. The summed E-state index contributed by atoms with van der Waals surface area (Å²) in [7, 11) is 1.93. The van der Waals surface area contributed by atoms with Gasteiger partial charge >= 0.3 is 0 Å². The molecule has 0 unspecified atom stereocenters. The standard InChI is InChI=1S/C16H15ClN4OS/c1-10-14(23-16-18-8-9-20(16)3)11(2)21(19-10)15(22)12-4-6-13(17)7-5-12/h4-9H,1-3H3. The van der Waals surface area contributed by atoms with Gasteiger partial charge < -0.3 is 4.57 Å². The van der Waals surface area contributed by atoms with Crippen molar-refractivity contribution in [2.45, 2.75) is 23.9 Å². The van der Waals surface area contributed by atoms with Crippen LogP contribution in [-0.4, -0.2) is 25.2 Å². The second kappa shape index (κ2) is 6.22. The number of rotatable bonds is 3. The maximum absolute atomic E-state index is 12.6. The van der Waals surface area contributed by atoms with Crippen LogP contribution in [0.5, 0.6) is 0 Å². The normalized spacial score (nSPS) is 11.0. The molecule has 0 aliphatic carbocycles. The lowest BCUT2D eigenvalue weighted by atomic mass is 10.2. The number of aryl methyl sites for hydroxylation is 2. The molecule has 0 aliphatic rings. The minimum atomic E-state index is -0.172. The first-order valence-corrected chi connectivity index (χ1v) is 8.18. The van der Waals surface area contributed by atoms with Crippen LogP contribution in [0.4, 0.5) is 0 Å². The van der Waals surface area contributed by atoms with Crippen LogP contribution < -0.4 is 0 Å². The quantitative estimate of drug-likeness (QED) is 0.725. The molecule has 2 heterocycles. The Labute approximate surface area is 143 Å². The van der Waals surface area contributed by atoms with Crippen LogP contribution in [0.15, 0.2) is 46.7 Å². The molecule has 0 spiro atoms. The average Bonchev–Trinajstić information content (AvgIpc) is 3.06. The Kier molecular flexibility index (Phi) is 4.28. The maximum atomic E-state index is 12.6. The van der Waals surface area contributed by atoms with Gasteiger partial charge in [0.15, 0.2) is 5.16 Å². The Balaban J connectivity index is 1.95. The van der Waals surface area contributed by atoms with Crippen molar-refractivity contribution >= 4 is 29.3 Å². The van der Waals surface area contributed by atoms with E-state index in [1.54, 1.807) is 30.5 Å². The van der Waals surface area contributed by atoms with Crippen LogP contribution in [0.1, 0.15) is 21.7 Å². The Morgan fingerprint density at radius 3 is 2.52 bits per heavy atom. The molecular formula is C16H15ClN4OS. The summed E-state index contributed by atoms with van der Waals surface area (Å²) in [6.07, 6.45) is 3.63. The van der Waals surface area contributed by atoms with E-state index in [1.165, 1.54) is 16.4 Å². The molecule has 2 aromatic heterocycles. The fourth-order valence-electron chi connectivity index (χ4n) is 2.23. The highest BCUT2D eigenvalue weighted by atomic mass is 35.5. The summed E-state index contributed by atoms with van der Waals surface area (Å²) >= 11 is 7.38. The van der Waals surface area contributed by atoms with Crippen molar-refractivity contribution in [1.82, 2.24) is 19.3 Å². The van der Waals surface area contributed by atoms with Crippen molar-refractivity contribution in [2.24, 2.45) is 7.05 Å². The summed E-state index contributed by atoms with van der Waals surface area (Å²) in [5.41, 5.74) is 2.15. The first-order valence-electron chi connectivity index (χ1n) is 6.99. The molecule has 0 radical (unpaired) electrons. The Morgan fingerprint density at radius 2 is 1.91 bits per heavy atom. The molecule has 0 bridgehead atoms. The van der Waals surface area contributed by atoms with E-state index in [2.05, 4.69) is 10.1 Å². The van der Waals surface area contributed by atoms with Gasteiger partial charge in [-0.1, -0.05) is 11.6 Å². The maximum Gasteiger partial charge on any atom is 0.278 e. The minimum Gasteiger partial charge on any atom is -0.329 e. The molecule has 3 aromatic rings.